The van der Waals surface area contributed by atoms with Gasteiger partial charge in [-0.25, -0.2) is 0 Å². The highest BCUT2D eigenvalue weighted by molar-refractivity contribution is 5.82. The van der Waals surface area contributed by atoms with Gasteiger partial charge in [-0.2, -0.15) is 0 Å². The van der Waals surface area contributed by atoms with E-state index in [1.54, 1.807) is 0 Å². The lowest BCUT2D eigenvalue weighted by molar-refractivity contribution is -0.223. The van der Waals surface area contributed by atoms with Gasteiger partial charge in [0, 0.05) is 42.8 Å². The molecule has 3 saturated heterocycles. The molecule has 3 aliphatic heterocycles. The van der Waals surface area contributed by atoms with E-state index in [4.69, 9.17) is 14.2 Å². The van der Waals surface area contributed by atoms with Crippen LogP contribution in [0.3, 0.4) is 0 Å². The molecule has 1 spiro atoms. The summed E-state index contributed by atoms with van der Waals surface area (Å²) in [5.74, 6) is 12.1. The number of rotatable bonds is 4. The third-order valence-corrected chi connectivity index (χ3v) is 9.72. The Hall–Kier alpha value is -2.88. The summed E-state index contributed by atoms with van der Waals surface area (Å²) in [6.07, 6.45) is -10.3. The fraction of sp³-hybridized carbons (Fsp3) is 0.543. The molecule has 0 saturated carbocycles. The lowest BCUT2D eigenvalue weighted by Gasteiger charge is -2.40. The van der Waals surface area contributed by atoms with Gasteiger partial charge in [-0.15, -0.1) is 0 Å². The zero-order valence-corrected chi connectivity index (χ0v) is 25.2. The lowest BCUT2D eigenvalue weighted by Crippen LogP contribution is -2.58. The van der Waals surface area contributed by atoms with Crippen LogP contribution in [-0.4, -0.2) is 128 Å². The Morgan fingerprint density at radius 1 is 0.674 bits per heavy atom. The van der Waals surface area contributed by atoms with Crippen molar-refractivity contribution in [1.29, 1.82) is 0 Å². The summed E-state index contributed by atoms with van der Waals surface area (Å²) in [5, 5.41) is 80.2. The Morgan fingerprint density at radius 3 is 1.89 bits per heavy atom. The highest BCUT2D eigenvalue weighted by Crippen LogP contribution is 2.54. The van der Waals surface area contributed by atoms with Gasteiger partial charge >= 0.3 is 0 Å². The van der Waals surface area contributed by atoms with Gasteiger partial charge in [0.25, 0.3) is 0 Å². The zero-order chi connectivity index (χ0) is 32.6. The maximum Gasteiger partial charge on any atom is 0.147 e. The van der Waals surface area contributed by atoms with Crippen LogP contribution in [0, 0.1) is 23.7 Å². The van der Waals surface area contributed by atoms with Crippen LogP contribution in [0.2, 0.25) is 0 Å². The van der Waals surface area contributed by atoms with Crippen LogP contribution in [0.15, 0.2) is 36.4 Å². The summed E-state index contributed by atoms with van der Waals surface area (Å²) in [7, 11) is 0. The predicted molar refractivity (Wildman–Crippen MR) is 163 cm³/mol. The van der Waals surface area contributed by atoms with Crippen molar-refractivity contribution in [1.82, 2.24) is 0 Å². The predicted octanol–water partition coefficient (Wildman–Crippen LogP) is -1.07. The molecular formula is C35H40O11. The first kappa shape index (κ1) is 33.0. The van der Waals surface area contributed by atoms with E-state index in [1.165, 1.54) is 0 Å². The average molecular weight is 637 g/mol. The third-order valence-electron chi connectivity index (χ3n) is 9.72. The summed E-state index contributed by atoms with van der Waals surface area (Å²) in [5.41, 5.74) is 5.54. The molecule has 0 bridgehead atoms. The van der Waals surface area contributed by atoms with E-state index in [9.17, 15) is 40.9 Å². The van der Waals surface area contributed by atoms with Crippen molar-refractivity contribution in [3.63, 3.8) is 0 Å². The van der Waals surface area contributed by atoms with E-state index >= 15 is 0 Å². The minimum absolute atomic E-state index is 0.125. The molecule has 6 rings (SSSR count). The standard InChI is InChI=1S/C35H40O11/c36-13-10-27-31(40)33(42)29(38)25(45-27)3-1-2-19-4-7-21-22-8-5-20(6-9-26-30(39)34(43)32(41)28(18-37)46-26)17-24(22)35(23(21)16-19)11-14-44-15-12-35/h4-5,7-8,16-17,25-34,36-43H,3,10-15,18H2/t25?,26-,27-,28-,29-,30-,31-,32-,33-,34-/m1/s1. The summed E-state index contributed by atoms with van der Waals surface area (Å²) < 4.78 is 17.1. The van der Waals surface area contributed by atoms with Crippen LogP contribution in [-0.2, 0) is 19.6 Å². The van der Waals surface area contributed by atoms with Crippen molar-refractivity contribution in [2.24, 2.45) is 0 Å². The van der Waals surface area contributed by atoms with E-state index < -0.39 is 67.6 Å². The van der Waals surface area contributed by atoms with Gasteiger partial charge in [0.2, 0.25) is 0 Å². The van der Waals surface area contributed by atoms with Gasteiger partial charge in [-0.3, -0.25) is 0 Å². The van der Waals surface area contributed by atoms with Crippen LogP contribution < -0.4 is 0 Å². The quantitative estimate of drug-likeness (QED) is 0.191. The molecule has 46 heavy (non-hydrogen) atoms. The van der Waals surface area contributed by atoms with Gasteiger partial charge in [-0.1, -0.05) is 35.8 Å². The molecule has 2 aromatic rings. The van der Waals surface area contributed by atoms with Gasteiger partial charge in [0.15, 0.2) is 0 Å². The number of hydrogen-bond acceptors (Lipinski definition) is 11. The Labute approximate surface area is 267 Å². The highest BCUT2D eigenvalue weighted by atomic mass is 16.5. The molecule has 8 N–H and O–H groups in total. The Bertz CT molecular complexity index is 1530. The minimum Gasteiger partial charge on any atom is -0.396 e. The maximum absolute atomic E-state index is 10.4. The number of ether oxygens (including phenoxy) is 3. The zero-order valence-electron chi connectivity index (χ0n) is 25.2. The van der Waals surface area contributed by atoms with Crippen LogP contribution >= 0.6 is 0 Å². The van der Waals surface area contributed by atoms with Crippen molar-refractivity contribution >= 4 is 0 Å². The van der Waals surface area contributed by atoms with Crippen molar-refractivity contribution in [3.05, 3.63) is 58.7 Å². The number of hydrogen-bond donors (Lipinski definition) is 8. The molecule has 1 unspecified atom stereocenters. The number of benzene rings is 2. The van der Waals surface area contributed by atoms with Crippen LogP contribution in [0.4, 0.5) is 0 Å². The second kappa shape index (κ2) is 13.7. The normalized spacial score (nSPS) is 34.5. The first-order chi connectivity index (χ1) is 22.2. The van der Waals surface area contributed by atoms with E-state index in [-0.39, 0.29) is 24.9 Å². The van der Waals surface area contributed by atoms with E-state index in [0.29, 0.717) is 18.8 Å². The Balaban J connectivity index is 1.25. The summed E-state index contributed by atoms with van der Waals surface area (Å²) in [6, 6.07) is 12.0. The molecule has 2 aromatic carbocycles. The van der Waals surface area contributed by atoms with Crippen LogP contribution in [0.25, 0.3) is 11.1 Å². The smallest absolute Gasteiger partial charge is 0.147 e. The van der Waals surface area contributed by atoms with Gasteiger partial charge in [0.05, 0.1) is 18.8 Å². The molecule has 1 aliphatic carbocycles. The van der Waals surface area contributed by atoms with E-state index in [0.717, 1.165) is 40.7 Å². The van der Waals surface area contributed by atoms with Gasteiger partial charge in [0.1, 0.15) is 48.8 Å². The first-order valence-electron chi connectivity index (χ1n) is 15.7. The Kier molecular flexibility index (Phi) is 9.83. The van der Waals surface area contributed by atoms with Gasteiger partial charge in [-0.05, 0) is 65.8 Å². The molecule has 3 fully saturated rings. The van der Waals surface area contributed by atoms with E-state index in [2.05, 4.69) is 29.7 Å². The third kappa shape index (κ3) is 5.99. The summed E-state index contributed by atoms with van der Waals surface area (Å²) >= 11 is 0. The molecule has 3 heterocycles. The van der Waals surface area contributed by atoms with Crippen molar-refractivity contribution < 1.29 is 55.1 Å². The van der Waals surface area contributed by atoms with Crippen LogP contribution in [0.5, 0.6) is 0 Å². The monoisotopic (exact) mass is 636 g/mol. The fourth-order valence-electron chi connectivity index (χ4n) is 7.10. The number of fused-ring (bicyclic) bond motifs is 5. The largest absolute Gasteiger partial charge is 0.396 e. The second-order valence-electron chi connectivity index (χ2n) is 12.4. The molecule has 11 nitrogen and oxygen atoms in total. The molecule has 246 valence electrons. The maximum atomic E-state index is 10.4. The molecule has 11 heteroatoms. The Morgan fingerprint density at radius 2 is 1.26 bits per heavy atom. The number of aliphatic hydroxyl groups excluding tert-OH is 8. The van der Waals surface area contributed by atoms with Gasteiger partial charge < -0.3 is 55.1 Å². The minimum atomic E-state index is -1.49. The fourth-order valence-corrected chi connectivity index (χ4v) is 7.10. The first-order valence-corrected chi connectivity index (χ1v) is 15.7. The summed E-state index contributed by atoms with van der Waals surface area (Å²) in [6.45, 7) is 0.413. The van der Waals surface area contributed by atoms with Crippen LogP contribution in [0.1, 0.15) is 47.9 Å². The van der Waals surface area contributed by atoms with Crippen molar-refractivity contribution in [2.75, 3.05) is 26.4 Å². The van der Waals surface area contributed by atoms with E-state index in [1.807, 2.05) is 30.3 Å². The van der Waals surface area contributed by atoms with Crippen molar-refractivity contribution in [3.8, 4) is 34.8 Å². The molecule has 4 aliphatic rings. The number of aliphatic hydroxyl groups is 8. The molecule has 0 aromatic heterocycles. The molecule has 0 amide bonds. The molecule has 0 radical (unpaired) electrons. The average Bonchev–Trinajstić information content (AvgIpc) is 3.32. The van der Waals surface area contributed by atoms with Crippen molar-refractivity contribution in [2.45, 2.75) is 92.1 Å². The molecular weight excluding hydrogens is 596 g/mol. The lowest BCUT2D eigenvalue weighted by atomic mass is 9.72. The molecule has 10 atom stereocenters. The SMILES string of the molecule is OCC[C@H]1OC(CC#Cc2ccc3c(c2)C2(CCOCC2)c2cc(C#C[C@H]4O[C@H](CO)[C@@H](O)[C@H](O)[C@@H]4O)ccc2-3)[C@@H](O)[C@@H](O)[C@@H]1O. The highest BCUT2D eigenvalue weighted by Gasteiger charge is 2.46. The summed E-state index contributed by atoms with van der Waals surface area (Å²) in [4.78, 5) is 0. The topological polar surface area (TPSA) is 190 Å². The second-order valence-corrected chi connectivity index (χ2v) is 12.4.